The predicted octanol–water partition coefficient (Wildman–Crippen LogP) is 2.81. The third-order valence-corrected chi connectivity index (χ3v) is 3.07. The van der Waals surface area contributed by atoms with Gasteiger partial charge in [-0.05, 0) is 24.6 Å². The quantitative estimate of drug-likeness (QED) is 0.783. The Morgan fingerprint density at radius 3 is 2.53 bits per heavy atom. The van der Waals surface area contributed by atoms with Gasteiger partial charge in [-0.25, -0.2) is 0 Å². The summed E-state index contributed by atoms with van der Waals surface area (Å²) < 4.78 is 1.70. The first-order chi connectivity index (χ1) is 8.08. The van der Waals surface area contributed by atoms with Crippen LogP contribution in [0.15, 0.2) is 30.5 Å². The van der Waals surface area contributed by atoms with Crippen molar-refractivity contribution in [2.24, 2.45) is 7.05 Å². The zero-order valence-corrected chi connectivity index (χ0v) is 10.5. The van der Waals surface area contributed by atoms with Crippen molar-refractivity contribution in [1.29, 1.82) is 0 Å². The van der Waals surface area contributed by atoms with E-state index in [2.05, 4.69) is 5.10 Å². The fourth-order valence-electron chi connectivity index (χ4n) is 1.66. The number of nitrogens with zero attached hydrogens (tertiary/aromatic N) is 2. The Hall–Kier alpha value is -1.61. The standard InChI is InChI=1S/C13H13ClN2O/c1-9-12(8-15-16(9)2)13(17)7-10-3-5-11(14)6-4-10/h3-6,8H,7H2,1-2H3. The van der Waals surface area contributed by atoms with Crippen molar-refractivity contribution in [2.75, 3.05) is 0 Å². The predicted molar refractivity (Wildman–Crippen MR) is 67.4 cm³/mol. The van der Waals surface area contributed by atoms with E-state index >= 15 is 0 Å². The molecule has 0 saturated heterocycles. The van der Waals surface area contributed by atoms with E-state index in [0.717, 1.165) is 11.3 Å². The van der Waals surface area contributed by atoms with Gasteiger partial charge in [0.25, 0.3) is 0 Å². The summed E-state index contributed by atoms with van der Waals surface area (Å²) in [6.45, 7) is 1.89. The molecular formula is C13H13ClN2O. The van der Waals surface area contributed by atoms with E-state index < -0.39 is 0 Å². The molecule has 0 radical (unpaired) electrons. The minimum absolute atomic E-state index is 0.0814. The fourth-order valence-corrected chi connectivity index (χ4v) is 1.78. The van der Waals surface area contributed by atoms with Gasteiger partial charge in [-0.3, -0.25) is 9.48 Å². The number of hydrogen-bond acceptors (Lipinski definition) is 2. The van der Waals surface area contributed by atoms with Gasteiger partial charge in [-0.15, -0.1) is 0 Å². The fraction of sp³-hybridized carbons (Fsp3) is 0.231. The highest BCUT2D eigenvalue weighted by atomic mass is 35.5. The molecule has 1 heterocycles. The van der Waals surface area contributed by atoms with Crippen LogP contribution in [-0.4, -0.2) is 15.6 Å². The molecule has 1 aromatic carbocycles. The topological polar surface area (TPSA) is 34.9 Å². The summed E-state index contributed by atoms with van der Waals surface area (Å²) in [7, 11) is 1.83. The number of Topliss-reactive ketones (excluding diaryl/α,β-unsaturated/α-hetero) is 1. The number of aryl methyl sites for hydroxylation is 1. The lowest BCUT2D eigenvalue weighted by Gasteiger charge is -2.01. The molecule has 0 spiro atoms. The second kappa shape index (κ2) is 4.72. The normalized spacial score (nSPS) is 10.5. The average molecular weight is 249 g/mol. The Morgan fingerprint density at radius 1 is 1.35 bits per heavy atom. The Bertz CT molecular complexity index is 543. The summed E-state index contributed by atoms with van der Waals surface area (Å²) in [5.74, 6) is 0.0814. The summed E-state index contributed by atoms with van der Waals surface area (Å²) in [6, 6.07) is 7.32. The maximum Gasteiger partial charge on any atom is 0.170 e. The van der Waals surface area contributed by atoms with Crippen LogP contribution >= 0.6 is 11.6 Å². The summed E-state index contributed by atoms with van der Waals surface area (Å²) >= 11 is 5.80. The van der Waals surface area contributed by atoms with Crippen LogP contribution in [0.25, 0.3) is 0 Å². The van der Waals surface area contributed by atoms with Gasteiger partial charge in [0.05, 0.1) is 11.8 Å². The monoisotopic (exact) mass is 248 g/mol. The third kappa shape index (κ3) is 2.56. The first-order valence-corrected chi connectivity index (χ1v) is 5.72. The van der Waals surface area contributed by atoms with Gasteiger partial charge in [0, 0.05) is 24.2 Å². The molecule has 0 saturated carbocycles. The van der Waals surface area contributed by atoms with Crippen LogP contribution in [0.5, 0.6) is 0 Å². The number of benzene rings is 1. The van der Waals surface area contributed by atoms with Crippen LogP contribution in [-0.2, 0) is 13.5 Å². The summed E-state index contributed by atoms with van der Waals surface area (Å²) in [4.78, 5) is 12.0. The molecule has 17 heavy (non-hydrogen) atoms. The number of hydrogen-bond donors (Lipinski definition) is 0. The van der Waals surface area contributed by atoms with Crippen molar-refractivity contribution in [2.45, 2.75) is 13.3 Å². The highest BCUT2D eigenvalue weighted by Gasteiger charge is 2.13. The van der Waals surface area contributed by atoms with E-state index in [1.54, 1.807) is 23.0 Å². The lowest BCUT2D eigenvalue weighted by atomic mass is 10.0. The number of ketones is 1. The molecule has 0 N–H and O–H groups in total. The zero-order valence-electron chi connectivity index (χ0n) is 9.77. The molecule has 2 aromatic rings. The number of rotatable bonds is 3. The lowest BCUT2D eigenvalue weighted by Crippen LogP contribution is -2.05. The van der Waals surface area contributed by atoms with Crippen LogP contribution in [0.2, 0.25) is 5.02 Å². The molecule has 0 aliphatic carbocycles. The lowest BCUT2D eigenvalue weighted by molar-refractivity contribution is 0.0992. The van der Waals surface area contributed by atoms with E-state index in [0.29, 0.717) is 17.0 Å². The van der Waals surface area contributed by atoms with Crippen LogP contribution in [0.4, 0.5) is 0 Å². The van der Waals surface area contributed by atoms with Gasteiger partial charge in [0.1, 0.15) is 0 Å². The highest BCUT2D eigenvalue weighted by Crippen LogP contribution is 2.13. The molecule has 0 aliphatic rings. The molecule has 0 atom stereocenters. The van der Waals surface area contributed by atoms with E-state index in [-0.39, 0.29) is 5.78 Å². The number of carbonyl (C=O) groups excluding carboxylic acids is 1. The molecule has 1 aromatic heterocycles. The zero-order chi connectivity index (χ0) is 12.4. The first kappa shape index (κ1) is 11.9. The highest BCUT2D eigenvalue weighted by molar-refractivity contribution is 6.30. The second-order valence-electron chi connectivity index (χ2n) is 3.99. The summed E-state index contributed by atoms with van der Waals surface area (Å²) in [6.07, 6.45) is 2.00. The minimum Gasteiger partial charge on any atom is -0.294 e. The summed E-state index contributed by atoms with van der Waals surface area (Å²) in [5, 5.41) is 4.75. The Labute approximate surface area is 105 Å². The Morgan fingerprint density at radius 2 is 2.00 bits per heavy atom. The molecule has 0 aliphatic heterocycles. The van der Waals surface area contributed by atoms with Crippen molar-refractivity contribution < 1.29 is 4.79 Å². The molecule has 4 heteroatoms. The third-order valence-electron chi connectivity index (χ3n) is 2.81. The summed E-state index contributed by atoms with van der Waals surface area (Å²) in [5.41, 5.74) is 2.54. The minimum atomic E-state index is 0.0814. The molecule has 0 fully saturated rings. The molecule has 88 valence electrons. The van der Waals surface area contributed by atoms with Crippen LogP contribution < -0.4 is 0 Å². The average Bonchev–Trinajstić information content (AvgIpc) is 2.63. The smallest absolute Gasteiger partial charge is 0.170 e. The molecule has 0 bridgehead atoms. The van der Waals surface area contributed by atoms with Crippen LogP contribution in [0.3, 0.4) is 0 Å². The van der Waals surface area contributed by atoms with E-state index in [1.807, 2.05) is 26.1 Å². The Kier molecular flexibility index (Phi) is 3.29. The van der Waals surface area contributed by atoms with Gasteiger partial charge in [-0.1, -0.05) is 23.7 Å². The van der Waals surface area contributed by atoms with Crippen LogP contribution in [0.1, 0.15) is 21.6 Å². The van der Waals surface area contributed by atoms with E-state index in [9.17, 15) is 4.79 Å². The molecule has 3 nitrogen and oxygen atoms in total. The van der Waals surface area contributed by atoms with Gasteiger partial charge < -0.3 is 0 Å². The van der Waals surface area contributed by atoms with E-state index in [1.165, 1.54) is 0 Å². The first-order valence-electron chi connectivity index (χ1n) is 5.34. The second-order valence-corrected chi connectivity index (χ2v) is 4.43. The number of carbonyl (C=O) groups is 1. The van der Waals surface area contributed by atoms with Crippen molar-refractivity contribution in [1.82, 2.24) is 9.78 Å². The van der Waals surface area contributed by atoms with E-state index in [4.69, 9.17) is 11.6 Å². The van der Waals surface area contributed by atoms with Crippen molar-refractivity contribution in [3.05, 3.63) is 52.3 Å². The van der Waals surface area contributed by atoms with Gasteiger partial charge >= 0.3 is 0 Å². The molecule has 2 rings (SSSR count). The number of halogens is 1. The SMILES string of the molecule is Cc1c(C(=O)Cc2ccc(Cl)cc2)cnn1C. The van der Waals surface area contributed by atoms with Crippen molar-refractivity contribution >= 4 is 17.4 Å². The van der Waals surface area contributed by atoms with Crippen LogP contribution in [0, 0.1) is 6.92 Å². The molecule has 0 amide bonds. The van der Waals surface area contributed by atoms with Gasteiger partial charge in [0.2, 0.25) is 0 Å². The number of aromatic nitrogens is 2. The largest absolute Gasteiger partial charge is 0.294 e. The van der Waals surface area contributed by atoms with Crippen molar-refractivity contribution in [3.8, 4) is 0 Å². The van der Waals surface area contributed by atoms with Gasteiger partial charge in [0.15, 0.2) is 5.78 Å². The van der Waals surface area contributed by atoms with Crippen molar-refractivity contribution in [3.63, 3.8) is 0 Å². The van der Waals surface area contributed by atoms with Gasteiger partial charge in [-0.2, -0.15) is 5.10 Å². The maximum atomic E-state index is 12.0. The Balaban J connectivity index is 2.17. The molecule has 0 unspecified atom stereocenters. The molecular weight excluding hydrogens is 236 g/mol. The maximum absolute atomic E-state index is 12.0.